The van der Waals surface area contributed by atoms with Gasteiger partial charge in [0.2, 0.25) is 0 Å². The normalized spacial score (nSPS) is 12.8. The third-order valence-corrected chi connectivity index (χ3v) is 3.94. The third-order valence-electron chi connectivity index (χ3n) is 3.94. The topological polar surface area (TPSA) is 30.7 Å². The smallest absolute Gasteiger partial charge is 0.0705 e. The molecule has 3 nitrogen and oxygen atoms in total. The molecule has 0 fully saturated rings. The van der Waals surface area contributed by atoms with Gasteiger partial charge in [-0.1, -0.05) is 26.0 Å². The standard InChI is InChI=1S/C17H19N3/c1-4-12(2)15-6-5-7-17-16(15)8-13(9-18-17)14-10-19-20(3)11-14/h5-12H,4H2,1-3H3. The average molecular weight is 265 g/mol. The van der Waals surface area contributed by atoms with E-state index in [4.69, 9.17) is 0 Å². The van der Waals surface area contributed by atoms with Crippen LogP contribution < -0.4 is 0 Å². The van der Waals surface area contributed by atoms with E-state index in [1.807, 2.05) is 30.3 Å². The Hall–Kier alpha value is -2.16. The molecule has 2 aromatic heterocycles. The Morgan fingerprint density at radius 2 is 2.05 bits per heavy atom. The zero-order valence-corrected chi connectivity index (χ0v) is 12.2. The minimum absolute atomic E-state index is 0.546. The number of nitrogens with zero attached hydrogens (tertiary/aromatic N) is 3. The van der Waals surface area contributed by atoms with Crippen LogP contribution in [0.5, 0.6) is 0 Å². The predicted molar refractivity (Wildman–Crippen MR) is 82.7 cm³/mol. The number of pyridine rings is 1. The molecule has 3 heteroatoms. The number of hydrogen-bond acceptors (Lipinski definition) is 2. The fraction of sp³-hybridized carbons (Fsp3) is 0.294. The summed E-state index contributed by atoms with van der Waals surface area (Å²) in [5.41, 5.74) is 4.68. The molecule has 0 amide bonds. The summed E-state index contributed by atoms with van der Waals surface area (Å²) in [5, 5.41) is 5.49. The Morgan fingerprint density at radius 1 is 1.20 bits per heavy atom. The summed E-state index contributed by atoms with van der Waals surface area (Å²) in [6.07, 6.45) is 6.97. The first-order valence-electron chi connectivity index (χ1n) is 7.06. The first-order valence-corrected chi connectivity index (χ1v) is 7.06. The van der Waals surface area contributed by atoms with Gasteiger partial charge in [-0.05, 0) is 30.0 Å². The zero-order valence-electron chi connectivity index (χ0n) is 12.2. The van der Waals surface area contributed by atoms with Gasteiger partial charge in [-0.2, -0.15) is 5.10 Å². The van der Waals surface area contributed by atoms with Gasteiger partial charge >= 0.3 is 0 Å². The third kappa shape index (κ3) is 2.20. The van der Waals surface area contributed by atoms with Gasteiger partial charge in [0.1, 0.15) is 0 Å². The van der Waals surface area contributed by atoms with Gasteiger partial charge in [-0.3, -0.25) is 9.67 Å². The number of hydrogen-bond donors (Lipinski definition) is 0. The van der Waals surface area contributed by atoms with E-state index >= 15 is 0 Å². The van der Waals surface area contributed by atoms with Crippen LogP contribution in [0.4, 0.5) is 0 Å². The fourth-order valence-electron chi connectivity index (χ4n) is 2.55. The van der Waals surface area contributed by atoms with Gasteiger partial charge in [-0.15, -0.1) is 0 Å². The van der Waals surface area contributed by atoms with Crippen molar-refractivity contribution >= 4 is 10.9 Å². The molecule has 3 rings (SSSR count). The van der Waals surface area contributed by atoms with Crippen LogP contribution in [0.2, 0.25) is 0 Å². The van der Waals surface area contributed by atoms with E-state index in [1.54, 1.807) is 0 Å². The first kappa shape index (κ1) is 12.9. The lowest BCUT2D eigenvalue weighted by molar-refractivity contribution is 0.739. The van der Waals surface area contributed by atoms with E-state index < -0.39 is 0 Å². The largest absolute Gasteiger partial charge is 0.275 e. The lowest BCUT2D eigenvalue weighted by Gasteiger charge is -2.12. The maximum atomic E-state index is 4.61. The van der Waals surface area contributed by atoms with Crippen LogP contribution in [-0.2, 0) is 7.05 Å². The van der Waals surface area contributed by atoms with Crippen molar-refractivity contribution in [2.45, 2.75) is 26.2 Å². The van der Waals surface area contributed by atoms with Crippen molar-refractivity contribution < 1.29 is 0 Å². The summed E-state index contributed by atoms with van der Waals surface area (Å²) in [6, 6.07) is 8.63. The van der Waals surface area contributed by atoms with E-state index in [0.717, 1.165) is 23.1 Å². The maximum absolute atomic E-state index is 4.61. The van der Waals surface area contributed by atoms with Crippen molar-refractivity contribution in [2.75, 3.05) is 0 Å². The van der Waals surface area contributed by atoms with Crippen molar-refractivity contribution in [1.29, 1.82) is 0 Å². The summed E-state index contributed by atoms with van der Waals surface area (Å²) < 4.78 is 1.82. The molecular weight excluding hydrogens is 246 g/mol. The second kappa shape index (κ2) is 5.08. The maximum Gasteiger partial charge on any atom is 0.0705 e. The van der Waals surface area contributed by atoms with Gasteiger partial charge in [0.25, 0.3) is 0 Å². The Kier molecular flexibility index (Phi) is 3.26. The molecule has 0 N–H and O–H groups in total. The number of aryl methyl sites for hydroxylation is 1. The molecule has 0 spiro atoms. The van der Waals surface area contributed by atoms with Gasteiger partial charge in [-0.25, -0.2) is 0 Å². The molecule has 102 valence electrons. The fourth-order valence-corrected chi connectivity index (χ4v) is 2.55. The van der Waals surface area contributed by atoms with Gasteiger partial charge in [0.05, 0.1) is 11.7 Å². The molecule has 20 heavy (non-hydrogen) atoms. The lowest BCUT2D eigenvalue weighted by Crippen LogP contribution is -1.94. The van der Waals surface area contributed by atoms with Crippen molar-refractivity contribution in [3.05, 3.63) is 48.4 Å². The Balaban J connectivity index is 2.18. The van der Waals surface area contributed by atoms with Gasteiger partial charge in [0.15, 0.2) is 0 Å². The number of aromatic nitrogens is 3. The summed E-state index contributed by atoms with van der Waals surface area (Å²) in [6.45, 7) is 4.49. The highest BCUT2D eigenvalue weighted by molar-refractivity contribution is 5.86. The molecule has 0 saturated heterocycles. The Bertz CT molecular complexity index is 743. The second-order valence-corrected chi connectivity index (χ2v) is 5.35. The molecule has 0 aliphatic carbocycles. The van der Waals surface area contributed by atoms with Gasteiger partial charge < -0.3 is 0 Å². The highest BCUT2D eigenvalue weighted by Gasteiger charge is 2.10. The predicted octanol–water partition coefficient (Wildman–Crippen LogP) is 4.15. The lowest BCUT2D eigenvalue weighted by atomic mass is 9.93. The molecule has 0 bridgehead atoms. The first-order chi connectivity index (χ1) is 9.69. The van der Waals surface area contributed by atoms with Crippen LogP contribution in [0.15, 0.2) is 42.9 Å². The molecule has 1 unspecified atom stereocenters. The van der Waals surface area contributed by atoms with Crippen LogP contribution in [-0.4, -0.2) is 14.8 Å². The molecule has 0 saturated carbocycles. The highest BCUT2D eigenvalue weighted by Crippen LogP contribution is 2.29. The van der Waals surface area contributed by atoms with Crippen molar-refractivity contribution in [2.24, 2.45) is 7.05 Å². The van der Waals surface area contributed by atoms with Crippen molar-refractivity contribution in [3.8, 4) is 11.1 Å². The van der Waals surface area contributed by atoms with Crippen LogP contribution >= 0.6 is 0 Å². The molecule has 0 aliphatic rings. The zero-order chi connectivity index (χ0) is 14.1. The summed E-state index contributed by atoms with van der Waals surface area (Å²) >= 11 is 0. The van der Waals surface area contributed by atoms with E-state index in [1.165, 1.54) is 10.9 Å². The van der Waals surface area contributed by atoms with Gasteiger partial charge in [0, 0.05) is 36.0 Å². The number of rotatable bonds is 3. The molecule has 0 aliphatic heterocycles. The number of benzene rings is 1. The Morgan fingerprint density at radius 3 is 2.75 bits per heavy atom. The van der Waals surface area contributed by atoms with Crippen molar-refractivity contribution in [3.63, 3.8) is 0 Å². The minimum atomic E-state index is 0.546. The second-order valence-electron chi connectivity index (χ2n) is 5.35. The molecule has 3 aromatic rings. The molecule has 1 aromatic carbocycles. The van der Waals surface area contributed by atoms with Crippen LogP contribution in [0.25, 0.3) is 22.0 Å². The number of fused-ring (bicyclic) bond motifs is 1. The highest BCUT2D eigenvalue weighted by atomic mass is 15.2. The van der Waals surface area contributed by atoms with Crippen LogP contribution in [0.1, 0.15) is 31.7 Å². The average Bonchev–Trinajstić information content (AvgIpc) is 2.92. The van der Waals surface area contributed by atoms with E-state index in [0.29, 0.717) is 5.92 Å². The van der Waals surface area contributed by atoms with E-state index in [2.05, 4.69) is 48.2 Å². The Labute approximate surface area is 119 Å². The quantitative estimate of drug-likeness (QED) is 0.712. The van der Waals surface area contributed by atoms with E-state index in [9.17, 15) is 0 Å². The van der Waals surface area contributed by atoms with E-state index in [-0.39, 0.29) is 0 Å². The minimum Gasteiger partial charge on any atom is -0.275 e. The molecule has 2 heterocycles. The monoisotopic (exact) mass is 265 g/mol. The molecule has 1 atom stereocenters. The molecular formula is C17H19N3. The SMILES string of the molecule is CCC(C)c1cccc2ncc(-c3cnn(C)c3)cc12. The van der Waals surface area contributed by atoms with Crippen molar-refractivity contribution in [1.82, 2.24) is 14.8 Å². The summed E-state index contributed by atoms with van der Waals surface area (Å²) in [4.78, 5) is 4.61. The van der Waals surface area contributed by atoms with Crippen LogP contribution in [0.3, 0.4) is 0 Å². The summed E-state index contributed by atoms with van der Waals surface area (Å²) in [5.74, 6) is 0.546. The molecule has 0 radical (unpaired) electrons. The van der Waals surface area contributed by atoms with Crippen LogP contribution in [0, 0.1) is 0 Å². The summed E-state index contributed by atoms with van der Waals surface area (Å²) in [7, 11) is 1.93.